The molecule has 0 saturated heterocycles. The van der Waals surface area contributed by atoms with E-state index in [-0.39, 0.29) is 46.5 Å². The number of halogens is 5. The second kappa shape index (κ2) is 13.8. The molecule has 0 bridgehead atoms. The van der Waals surface area contributed by atoms with E-state index in [9.17, 15) is 41.2 Å². The number of rotatable bonds is 14. The number of carbonyl (C=O) groups excluding carboxylic acids is 1. The van der Waals surface area contributed by atoms with E-state index in [1.165, 1.54) is 0 Å². The summed E-state index contributed by atoms with van der Waals surface area (Å²) < 4.78 is 74.6. The molecule has 0 heterocycles. The number of Topliss-reactive ketones (excluding diaryl/α,β-unsaturated/α-hetero) is 1. The van der Waals surface area contributed by atoms with Crippen molar-refractivity contribution < 1.29 is 41.2 Å². The Kier molecular flexibility index (Phi) is 11.0. The number of ketones is 1. The summed E-state index contributed by atoms with van der Waals surface area (Å²) in [5.41, 5.74) is 1.92. The predicted molar refractivity (Wildman–Crippen MR) is 157 cm³/mol. The van der Waals surface area contributed by atoms with Crippen molar-refractivity contribution in [2.75, 3.05) is 11.5 Å². The fourth-order valence-corrected chi connectivity index (χ4v) is 9.56. The molecule has 0 aliphatic heterocycles. The Balaban J connectivity index is 1.21. The van der Waals surface area contributed by atoms with Crippen LogP contribution in [0.3, 0.4) is 0 Å². The largest absolute Gasteiger partial charge is 0.508 e. The third-order valence-electron chi connectivity index (χ3n) is 11.0. The SMILES string of the molecule is CC1C(=O)CC2C3C(CC[C@]12C)c1ccc(O)cc1[C@H](O)[C@H]3CCCCCCCCCS(=O)CCCC(F)(F)C(F)(F)F. The fourth-order valence-electron chi connectivity index (χ4n) is 8.37. The second-order valence-electron chi connectivity index (χ2n) is 13.6. The molecule has 2 saturated carbocycles. The van der Waals surface area contributed by atoms with Crippen molar-refractivity contribution in [2.45, 2.75) is 121 Å². The van der Waals surface area contributed by atoms with E-state index < -0.39 is 41.8 Å². The zero-order valence-electron chi connectivity index (χ0n) is 25.3. The molecule has 43 heavy (non-hydrogen) atoms. The summed E-state index contributed by atoms with van der Waals surface area (Å²) in [5, 5.41) is 21.8. The van der Waals surface area contributed by atoms with Crippen LogP contribution in [0.25, 0.3) is 0 Å². The highest BCUT2D eigenvalue weighted by molar-refractivity contribution is 7.84. The van der Waals surface area contributed by atoms with Gasteiger partial charge in [0, 0.05) is 41.1 Å². The highest BCUT2D eigenvalue weighted by Gasteiger charge is 2.60. The van der Waals surface area contributed by atoms with Crippen LogP contribution in [0.4, 0.5) is 22.0 Å². The zero-order valence-corrected chi connectivity index (χ0v) is 26.1. The number of hydrogen-bond acceptors (Lipinski definition) is 4. The van der Waals surface area contributed by atoms with Crippen LogP contribution in [0.1, 0.15) is 120 Å². The van der Waals surface area contributed by atoms with Gasteiger partial charge in [-0.1, -0.05) is 58.4 Å². The first-order valence-corrected chi connectivity index (χ1v) is 17.5. The molecule has 0 spiro atoms. The van der Waals surface area contributed by atoms with E-state index in [4.69, 9.17) is 0 Å². The molecule has 0 aromatic heterocycles. The third-order valence-corrected chi connectivity index (χ3v) is 12.5. The summed E-state index contributed by atoms with van der Waals surface area (Å²) in [4.78, 5) is 12.9. The van der Waals surface area contributed by atoms with Crippen LogP contribution in [0.5, 0.6) is 5.75 Å². The number of hydrogen-bond donors (Lipinski definition) is 2. The Labute approximate surface area is 254 Å². The monoisotopic (exact) mass is 634 g/mol. The average molecular weight is 635 g/mol. The molecule has 1 aromatic rings. The molecule has 0 amide bonds. The highest BCUT2D eigenvalue weighted by Crippen LogP contribution is 2.65. The number of benzene rings is 1. The highest BCUT2D eigenvalue weighted by atomic mass is 32.2. The van der Waals surface area contributed by atoms with Crippen LogP contribution in [0, 0.1) is 29.1 Å². The molecular weight excluding hydrogens is 587 g/mol. The van der Waals surface area contributed by atoms with Gasteiger partial charge in [-0.25, -0.2) is 0 Å². The van der Waals surface area contributed by atoms with Gasteiger partial charge in [0.15, 0.2) is 0 Å². The van der Waals surface area contributed by atoms with Gasteiger partial charge in [0.25, 0.3) is 0 Å². The lowest BCUT2D eigenvalue weighted by molar-refractivity contribution is -0.284. The van der Waals surface area contributed by atoms with Crippen LogP contribution >= 0.6 is 0 Å². The molecule has 8 atom stereocenters. The summed E-state index contributed by atoms with van der Waals surface area (Å²) >= 11 is 0. The van der Waals surface area contributed by atoms with Crippen LogP contribution in [-0.4, -0.2) is 43.8 Å². The second-order valence-corrected chi connectivity index (χ2v) is 15.3. The van der Waals surface area contributed by atoms with Crippen molar-refractivity contribution in [3.63, 3.8) is 0 Å². The van der Waals surface area contributed by atoms with Gasteiger partial charge < -0.3 is 10.2 Å². The van der Waals surface area contributed by atoms with Crippen molar-refractivity contribution in [3.05, 3.63) is 29.3 Å². The Morgan fingerprint density at radius 3 is 2.26 bits per heavy atom. The van der Waals surface area contributed by atoms with Gasteiger partial charge in [0.1, 0.15) is 11.5 Å². The summed E-state index contributed by atoms with van der Waals surface area (Å²) in [6, 6.07) is 5.38. The van der Waals surface area contributed by atoms with E-state index in [0.29, 0.717) is 24.4 Å². The van der Waals surface area contributed by atoms with Gasteiger partial charge in [-0.2, -0.15) is 22.0 Å². The van der Waals surface area contributed by atoms with Gasteiger partial charge in [-0.15, -0.1) is 0 Å². The maximum atomic E-state index is 13.0. The van der Waals surface area contributed by atoms with E-state index in [1.54, 1.807) is 12.1 Å². The summed E-state index contributed by atoms with van der Waals surface area (Å²) in [5.74, 6) is -3.21. The first-order valence-electron chi connectivity index (χ1n) is 16.0. The molecule has 3 aliphatic carbocycles. The minimum atomic E-state index is -5.56. The number of fused-ring (bicyclic) bond motifs is 5. The molecule has 5 unspecified atom stereocenters. The predicted octanol–water partition coefficient (Wildman–Crippen LogP) is 8.63. The maximum absolute atomic E-state index is 13.0. The van der Waals surface area contributed by atoms with Gasteiger partial charge >= 0.3 is 12.1 Å². The smallest absolute Gasteiger partial charge is 0.453 e. The average Bonchev–Trinajstić information content (AvgIpc) is 3.16. The van der Waals surface area contributed by atoms with Crippen molar-refractivity contribution in [1.29, 1.82) is 0 Å². The molecule has 2 N–H and O–H groups in total. The minimum absolute atomic E-state index is 0.0353. The Morgan fingerprint density at radius 1 is 0.953 bits per heavy atom. The molecule has 1 aromatic carbocycles. The molecule has 244 valence electrons. The van der Waals surface area contributed by atoms with Crippen LogP contribution in [0.15, 0.2) is 18.2 Å². The van der Waals surface area contributed by atoms with Crippen LogP contribution in [-0.2, 0) is 15.6 Å². The molecule has 0 radical (unpaired) electrons. The lowest BCUT2D eigenvalue weighted by Crippen LogP contribution is -2.47. The first kappa shape index (κ1) is 34.3. The summed E-state index contributed by atoms with van der Waals surface area (Å²) in [6.45, 7) is 4.33. The van der Waals surface area contributed by atoms with E-state index >= 15 is 0 Å². The van der Waals surface area contributed by atoms with Crippen molar-refractivity contribution in [1.82, 2.24) is 0 Å². The van der Waals surface area contributed by atoms with Crippen LogP contribution in [0.2, 0.25) is 0 Å². The number of aliphatic hydroxyl groups is 1. The van der Waals surface area contributed by atoms with Gasteiger partial charge in [0.2, 0.25) is 0 Å². The first-order chi connectivity index (χ1) is 20.2. The van der Waals surface area contributed by atoms with Crippen molar-refractivity contribution in [3.8, 4) is 5.75 Å². The third kappa shape index (κ3) is 7.47. The van der Waals surface area contributed by atoms with Gasteiger partial charge in [-0.3, -0.25) is 9.00 Å². The molecule has 4 nitrogen and oxygen atoms in total. The lowest BCUT2D eigenvalue weighted by atomic mass is 9.50. The van der Waals surface area contributed by atoms with Gasteiger partial charge in [0.05, 0.1) is 6.10 Å². The van der Waals surface area contributed by atoms with E-state index in [0.717, 1.165) is 68.9 Å². The number of unbranched alkanes of at least 4 members (excludes halogenated alkanes) is 6. The van der Waals surface area contributed by atoms with E-state index in [1.807, 2.05) is 6.07 Å². The molecule has 3 aliphatic rings. The van der Waals surface area contributed by atoms with Crippen LogP contribution < -0.4 is 0 Å². The molecule has 4 rings (SSSR count). The van der Waals surface area contributed by atoms with E-state index in [2.05, 4.69) is 13.8 Å². The topological polar surface area (TPSA) is 74.6 Å². The summed E-state index contributed by atoms with van der Waals surface area (Å²) in [6.07, 6.45) is 1.85. The van der Waals surface area contributed by atoms with Gasteiger partial charge in [-0.05, 0) is 84.5 Å². The number of phenols is 1. The Hall–Kier alpha value is -1.55. The number of alkyl halides is 5. The molecular formula is C33H47F5O4S. The molecule has 2 fully saturated rings. The fraction of sp³-hybridized carbons (Fsp3) is 0.788. The number of phenolic OH excluding ortho intramolecular Hbond substituents is 1. The lowest BCUT2D eigenvalue weighted by Gasteiger charge is -2.54. The maximum Gasteiger partial charge on any atom is 0.453 e. The normalized spacial score (nSPS) is 31.4. The Morgan fingerprint density at radius 2 is 1.58 bits per heavy atom. The number of aromatic hydroxyl groups is 1. The van der Waals surface area contributed by atoms with Crippen molar-refractivity contribution >= 4 is 16.6 Å². The van der Waals surface area contributed by atoms with Crippen molar-refractivity contribution in [2.24, 2.45) is 29.1 Å². The minimum Gasteiger partial charge on any atom is -0.508 e. The Bertz CT molecular complexity index is 1140. The number of aliphatic hydroxyl groups excluding tert-OH is 1. The quantitative estimate of drug-likeness (QED) is 0.159. The summed E-state index contributed by atoms with van der Waals surface area (Å²) in [7, 11) is -1.39. The zero-order chi connectivity index (χ0) is 31.6. The molecule has 10 heteroatoms. The standard InChI is InChI=1S/C33H47F5O4S/c1-21-28(40)20-27-29-24(14-16-31(21,27)2)23-13-12-22(39)19-26(23)30(41)25(29)11-8-6-4-3-5-7-9-17-43(42)18-10-15-32(34,35)33(36,37)38/h12-13,19,21,24-25,27,29-30,39,41H,3-11,14-18,20H2,1-2H3/t21?,24?,25-,27?,29?,30+,31+,43?/m0/s1. The number of carbonyl (C=O) groups is 1.